The van der Waals surface area contributed by atoms with E-state index < -0.39 is 0 Å². The summed E-state index contributed by atoms with van der Waals surface area (Å²) in [7, 11) is 0. The van der Waals surface area contributed by atoms with Crippen molar-refractivity contribution >= 4 is 0 Å². The topological polar surface area (TPSA) is 30.5 Å². The van der Waals surface area contributed by atoms with Crippen molar-refractivity contribution in [2.75, 3.05) is 6.54 Å². The van der Waals surface area contributed by atoms with Crippen LogP contribution in [0, 0.1) is 0 Å². The summed E-state index contributed by atoms with van der Waals surface area (Å²) in [4.78, 5) is 0. The van der Waals surface area contributed by atoms with Crippen LogP contribution in [0.4, 0.5) is 0 Å². The van der Waals surface area contributed by atoms with Crippen molar-refractivity contribution in [3.05, 3.63) is 29.8 Å². The van der Waals surface area contributed by atoms with Gasteiger partial charge < -0.3 is 14.8 Å². The molecule has 0 aliphatic carbocycles. The van der Waals surface area contributed by atoms with Crippen molar-refractivity contribution in [1.29, 1.82) is 0 Å². The molecule has 0 bridgehead atoms. The summed E-state index contributed by atoms with van der Waals surface area (Å²) in [5, 5.41) is 3.52. The van der Waals surface area contributed by atoms with E-state index in [1.54, 1.807) is 0 Å². The van der Waals surface area contributed by atoms with Gasteiger partial charge in [-0.05, 0) is 44.5 Å². The highest BCUT2D eigenvalue weighted by molar-refractivity contribution is 5.30. The molecule has 3 atom stereocenters. The van der Waals surface area contributed by atoms with Gasteiger partial charge in [0.1, 0.15) is 11.9 Å². The van der Waals surface area contributed by atoms with Gasteiger partial charge in [0.05, 0.1) is 12.2 Å². The van der Waals surface area contributed by atoms with Crippen LogP contribution in [-0.2, 0) is 4.74 Å². The van der Waals surface area contributed by atoms with Crippen LogP contribution in [-0.4, -0.2) is 24.9 Å². The van der Waals surface area contributed by atoms with Gasteiger partial charge in [-0.2, -0.15) is 0 Å². The van der Waals surface area contributed by atoms with Crippen LogP contribution in [0.2, 0.25) is 0 Å². The summed E-state index contributed by atoms with van der Waals surface area (Å²) < 4.78 is 12.0. The van der Waals surface area contributed by atoms with Crippen LogP contribution in [0.15, 0.2) is 24.3 Å². The zero-order valence-electron chi connectivity index (χ0n) is 13.8. The molecule has 0 aromatic heterocycles. The second-order valence-electron chi connectivity index (χ2n) is 6.06. The minimum atomic E-state index is 0.262. The number of ether oxygens (including phenoxy) is 2. The lowest BCUT2D eigenvalue weighted by Crippen LogP contribution is -2.35. The molecule has 1 aromatic carbocycles. The number of benzene rings is 1. The van der Waals surface area contributed by atoms with E-state index in [2.05, 4.69) is 57.3 Å². The van der Waals surface area contributed by atoms with E-state index in [0.717, 1.165) is 31.6 Å². The highest BCUT2D eigenvalue weighted by Crippen LogP contribution is 2.26. The van der Waals surface area contributed by atoms with E-state index >= 15 is 0 Å². The first kappa shape index (κ1) is 16.3. The Kier molecular flexibility index (Phi) is 6.07. The Balaban J connectivity index is 2.03. The monoisotopic (exact) mass is 291 g/mol. The molecule has 3 nitrogen and oxygen atoms in total. The fourth-order valence-electron chi connectivity index (χ4n) is 3.18. The van der Waals surface area contributed by atoms with Crippen LogP contribution in [0.1, 0.15) is 58.6 Å². The maximum atomic E-state index is 6.20. The van der Waals surface area contributed by atoms with Crippen molar-refractivity contribution in [1.82, 2.24) is 5.32 Å². The van der Waals surface area contributed by atoms with Crippen LogP contribution in [0.25, 0.3) is 0 Å². The van der Waals surface area contributed by atoms with Crippen molar-refractivity contribution in [3.63, 3.8) is 0 Å². The van der Waals surface area contributed by atoms with E-state index in [1.807, 2.05) is 0 Å². The standard InChI is InChI=1S/C18H29NO2/c1-5-18(19-6-2)15-8-7-9-16(12-15)21-17-10-13(3)20-14(4)11-17/h7-9,12-14,17-19H,5-6,10-11H2,1-4H3. The summed E-state index contributed by atoms with van der Waals surface area (Å²) in [5.74, 6) is 0.982. The van der Waals surface area contributed by atoms with E-state index in [1.165, 1.54) is 5.56 Å². The number of rotatable bonds is 6. The summed E-state index contributed by atoms with van der Waals surface area (Å²) >= 11 is 0. The lowest BCUT2D eigenvalue weighted by atomic mass is 10.0. The fraction of sp³-hybridized carbons (Fsp3) is 0.667. The van der Waals surface area contributed by atoms with Gasteiger partial charge in [-0.1, -0.05) is 26.0 Å². The zero-order valence-corrected chi connectivity index (χ0v) is 13.8. The molecule has 1 aliphatic heterocycles. The third-order valence-corrected chi connectivity index (χ3v) is 4.08. The average Bonchev–Trinajstić information content (AvgIpc) is 2.44. The molecular formula is C18H29NO2. The maximum absolute atomic E-state index is 6.20. The smallest absolute Gasteiger partial charge is 0.120 e. The molecular weight excluding hydrogens is 262 g/mol. The van der Waals surface area contributed by atoms with Crippen molar-refractivity contribution in [2.24, 2.45) is 0 Å². The van der Waals surface area contributed by atoms with Gasteiger partial charge in [0.2, 0.25) is 0 Å². The first-order valence-corrected chi connectivity index (χ1v) is 8.27. The van der Waals surface area contributed by atoms with Gasteiger partial charge in [0, 0.05) is 18.9 Å². The lowest BCUT2D eigenvalue weighted by Gasteiger charge is -2.32. The molecule has 118 valence electrons. The molecule has 1 N–H and O–H groups in total. The fourth-order valence-corrected chi connectivity index (χ4v) is 3.18. The summed E-state index contributed by atoms with van der Waals surface area (Å²) in [6.45, 7) is 9.59. The zero-order chi connectivity index (χ0) is 15.2. The summed E-state index contributed by atoms with van der Waals surface area (Å²) in [5.41, 5.74) is 1.31. The van der Waals surface area contributed by atoms with Crippen molar-refractivity contribution in [2.45, 2.75) is 71.3 Å². The third-order valence-electron chi connectivity index (χ3n) is 4.08. The van der Waals surface area contributed by atoms with E-state index in [9.17, 15) is 0 Å². The molecule has 1 heterocycles. The van der Waals surface area contributed by atoms with Crippen molar-refractivity contribution in [3.8, 4) is 5.75 Å². The largest absolute Gasteiger partial charge is 0.490 e. The van der Waals surface area contributed by atoms with Gasteiger partial charge in [0.15, 0.2) is 0 Å². The first-order chi connectivity index (χ1) is 10.1. The highest BCUT2D eigenvalue weighted by atomic mass is 16.5. The second kappa shape index (κ2) is 7.81. The third kappa shape index (κ3) is 4.72. The molecule has 2 rings (SSSR count). The number of hydrogen-bond donors (Lipinski definition) is 1. The number of hydrogen-bond acceptors (Lipinski definition) is 3. The molecule has 3 heteroatoms. The first-order valence-electron chi connectivity index (χ1n) is 8.27. The van der Waals surface area contributed by atoms with Crippen LogP contribution >= 0.6 is 0 Å². The Hall–Kier alpha value is -1.06. The molecule has 0 radical (unpaired) electrons. The second-order valence-corrected chi connectivity index (χ2v) is 6.06. The van der Waals surface area contributed by atoms with Crippen LogP contribution < -0.4 is 10.1 Å². The Labute approximate surface area is 129 Å². The SMILES string of the molecule is CCNC(CC)c1cccc(OC2CC(C)OC(C)C2)c1. The predicted molar refractivity (Wildman–Crippen MR) is 86.8 cm³/mol. The summed E-state index contributed by atoms with van der Waals surface area (Å²) in [6, 6.07) is 8.93. The van der Waals surface area contributed by atoms with Crippen LogP contribution in [0.5, 0.6) is 5.75 Å². The maximum Gasteiger partial charge on any atom is 0.120 e. The summed E-state index contributed by atoms with van der Waals surface area (Å²) in [6.07, 6.45) is 3.86. The molecule has 0 spiro atoms. The number of nitrogens with one attached hydrogen (secondary N) is 1. The Bertz CT molecular complexity index is 425. The molecule has 1 aromatic rings. The highest BCUT2D eigenvalue weighted by Gasteiger charge is 2.25. The van der Waals surface area contributed by atoms with Crippen molar-refractivity contribution < 1.29 is 9.47 Å². The van der Waals surface area contributed by atoms with E-state index in [0.29, 0.717) is 6.04 Å². The Morgan fingerprint density at radius 2 is 1.95 bits per heavy atom. The minimum Gasteiger partial charge on any atom is -0.490 e. The van der Waals surface area contributed by atoms with Gasteiger partial charge in [-0.15, -0.1) is 0 Å². The molecule has 1 aliphatic rings. The van der Waals surface area contributed by atoms with Crippen LogP contribution in [0.3, 0.4) is 0 Å². The Morgan fingerprint density at radius 3 is 2.57 bits per heavy atom. The molecule has 1 fully saturated rings. The molecule has 1 saturated heterocycles. The van der Waals surface area contributed by atoms with Gasteiger partial charge in [-0.25, -0.2) is 0 Å². The Morgan fingerprint density at radius 1 is 1.24 bits per heavy atom. The molecule has 0 saturated carbocycles. The van der Waals surface area contributed by atoms with Gasteiger partial charge in [0.25, 0.3) is 0 Å². The molecule has 0 amide bonds. The molecule has 3 unspecified atom stereocenters. The van der Waals surface area contributed by atoms with E-state index in [-0.39, 0.29) is 18.3 Å². The molecule has 21 heavy (non-hydrogen) atoms. The van der Waals surface area contributed by atoms with E-state index in [4.69, 9.17) is 9.47 Å². The minimum absolute atomic E-state index is 0.262. The lowest BCUT2D eigenvalue weighted by molar-refractivity contribution is -0.0721. The normalized spacial score (nSPS) is 27.3. The van der Waals surface area contributed by atoms with Gasteiger partial charge >= 0.3 is 0 Å². The average molecular weight is 291 g/mol. The predicted octanol–water partition coefficient (Wildman–Crippen LogP) is 4.08. The quantitative estimate of drug-likeness (QED) is 0.856. The van der Waals surface area contributed by atoms with Gasteiger partial charge in [-0.3, -0.25) is 0 Å².